The molecule has 1 heterocycles. The SMILES string of the molecule is CCC1(NC)CCC(NC)C(CC)(NC)N1OC(C)=O. The van der Waals surface area contributed by atoms with Crippen molar-refractivity contribution in [3.05, 3.63) is 0 Å². The molecule has 6 nitrogen and oxygen atoms in total. The molecule has 0 amide bonds. The van der Waals surface area contributed by atoms with Crippen molar-refractivity contribution in [2.75, 3.05) is 21.1 Å². The summed E-state index contributed by atoms with van der Waals surface area (Å²) < 4.78 is 0. The molecule has 20 heavy (non-hydrogen) atoms. The van der Waals surface area contributed by atoms with Gasteiger partial charge in [-0.05, 0) is 46.8 Å². The van der Waals surface area contributed by atoms with Gasteiger partial charge in [-0.25, -0.2) is 0 Å². The van der Waals surface area contributed by atoms with Gasteiger partial charge in [0.2, 0.25) is 0 Å². The Hall–Kier alpha value is -0.690. The van der Waals surface area contributed by atoms with Gasteiger partial charge in [0.05, 0.1) is 0 Å². The number of piperidine rings is 1. The van der Waals surface area contributed by atoms with Gasteiger partial charge < -0.3 is 10.2 Å². The zero-order valence-electron chi connectivity index (χ0n) is 13.7. The summed E-state index contributed by atoms with van der Waals surface area (Å²) in [6.45, 7) is 5.68. The zero-order valence-corrected chi connectivity index (χ0v) is 13.7. The van der Waals surface area contributed by atoms with Crippen LogP contribution in [0.3, 0.4) is 0 Å². The van der Waals surface area contributed by atoms with E-state index >= 15 is 0 Å². The Morgan fingerprint density at radius 1 is 1.25 bits per heavy atom. The van der Waals surface area contributed by atoms with E-state index < -0.39 is 5.66 Å². The van der Waals surface area contributed by atoms with E-state index in [2.05, 4.69) is 29.8 Å². The van der Waals surface area contributed by atoms with Crippen LogP contribution in [0.4, 0.5) is 0 Å². The van der Waals surface area contributed by atoms with Crippen LogP contribution in [0.15, 0.2) is 0 Å². The quantitative estimate of drug-likeness (QED) is 0.671. The molecule has 1 fully saturated rings. The largest absolute Gasteiger partial charge is 0.365 e. The summed E-state index contributed by atoms with van der Waals surface area (Å²) >= 11 is 0. The number of nitrogens with one attached hydrogen (secondary N) is 3. The highest BCUT2D eigenvalue weighted by molar-refractivity contribution is 5.65. The summed E-state index contributed by atoms with van der Waals surface area (Å²) in [6.07, 6.45) is 3.61. The second-order valence-corrected chi connectivity index (χ2v) is 5.42. The van der Waals surface area contributed by atoms with Gasteiger partial charge in [0.25, 0.3) is 0 Å². The molecular formula is C14H30N4O2. The fourth-order valence-electron chi connectivity index (χ4n) is 3.49. The second kappa shape index (κ2) is 6.85. The number of likely N-dealkylation sites (N-methyl/N-ethyl adjacent to an activating group) is 2. The number of rotatable bonds is 6. The Kier molecular flexibility index (Phi) is 5.94. The summed E-state index contributed by atoms with van der Waals surface area (Å²) in [5.41, 5.74) is -0.754. The first-order chi connectivity index (χ1) is 9.46. The van der Waals surface area contributed by atoms with Gasteiger partial charge in [-0.2, -0.15) is 0 Å². The fourth-order valence-corrected chi connectivity index (χ4v) is 3.49. The smallest absolute Gasteiger partial charge is 0.322 e. The Morgan fingerprint density at radius 3 is 2.25 bits per heavy atom. The fraction of sp³-hybridized carbons (Fsp3) is 0.929. The van der Waals surface area contributed by atoms with E-state index in [1.165, 1.54) is 6.92 Å². The Balaban J connectivity index is 3.30. The monoisotopic (exact) mass is 286 g/mol. The topological polar surface area (TPSA) is 65.6 Å². The van der Waals surface area contributed by atoms with Crippen LogP contribution in [0.2, 0.25) is 0 Å². The predicted octanol–water partition coefficient (Wildman–Crippen LogP) is 0.800. The molecular weight excluding hydrogens is 256 g/mol. The number of hydrogen-bond donors (Lipinski definition) is 3. The molecule has 0 radical (unpaired) electrons. The number of hydrogen-bond acceptors (Lipinski definition) is 6. The highest BCUT2D eigenvalue weighted by atomic mass is 16.7. The van der Waals surface area contributed by atoms with E-state index in [9.17, 15) is 4.79 Å². The third-order valence-electron chi connectivity index (χ3n) is 4.76. The number of carbonyl (C=O) groups excluding carboxylic acids is 1. The lowest BCUT2D eigenvalue weighted by Crippen LogP contribution is -2.78. The van der Waals surface area contributed by atoms with Gasteiger partial charge in [0.15, 0.2) is 0 Å². The molecule has 3 N–H and O–H groups in total. The first kappa shape index (κ1) is 17.4. The van der Waals surface area contributed by atoms with Crippen LogP contribution in [0.25, 0.3) is 0 Å². The first-order valence-electron chi connectivity index (χ1n) is 7.50. The summed E-state index contributed by atoms with van der Waals surface area (Å²) in [7, 11) is 5.80. The maximum Gasteiger partial charge on any atom is 0.322 e. The molecule has 0 aromatic rings. The van der Waals surface area contributed by atoms with Crippen molar-refractivity contribution in [3.8, 4) is 0 Å². The first-order valence-corrected chi connectivity index (χ1v) is 7.50. The average Bonchev–Trinajstić information content (AvgIpc) is 2.46. The third kappa shape index (κ3) is 2.70. The van der Waals surface area contributed by atoms with Crippen LogP contribution in [0.5, 0.6) is 0 Å². The summed E-state index contributed by atoms with van der Waals surface area (Å²) in [5.74, 6) is -0.289. The third-order valence-corrected chi connectivity index (χ3v) is 4.76. The molecule has 0 saturated carbocycles. The Bertz CT molecular complexity index is 327. The lowest BCUT2D eigenvalue weighted by Gasteiger charge is -2.58. The highest BCUT2D eigenvalue weighted by Crippen LogP contribution is 2.39. The van der Waals surface area contributed by atoms with E-state index in [1.807, 2.05) is 26.2 Å². The molecule has 1 aliphatic rings. The minimum absolute atomic E-state index is 0.213. The van der Waals surface area contributed by atoms with E-state index in [1.54, 1.807) is 0 Å². The van der Waals surface area contributed by atoms with Crippen molar-refractivity contribution in [1.29, 1.82) is 0 Å². The molecule has 3 unspecified atom stereocenters. The minimum Gasteiger partial charge on any atom is -0.365 e. The van der Waals surface area contributed by atoms with Gasteiger partial charge in [-0.15, -0.1) is 0 Å². The van der Waals surface area contributed by atoms with Crippen molar-refractivity contribution in [1.82, 2.24) is 21.0 Å². The predicted molar refractivity (Wildman–Crippen MR) is 79.9 cm³/mol. The van der Waals surface area contributed by atoms with Crippen LogP contribution in [-0.4, -0.2) is 49.5 Å². The van der Waals surface area contributed by atoms with E-state index in [-0.39, 0.29) is 17.7 Å². The summed E-state index contributed by atoms with van der Waals surface area (Å²) in [4.78, 5) is 17.3. The molecule has 1 rings (SSSR count). The Labute approximate surface area is 122 Å². The van der Waals surface area contributed by atoms with Crippen molar-refractivity contribution in [2.45, 2.75) is 63.8 Å². The molecule has 1 saturated heterocycles. The lowest BCUT2D eigenvalue weighted by atomic mass is 9.81. The summed E-state index contributed by atoms with van der Waals surface area (Å²) in [6, 6.07) is 0.213. The molecule has 0 aromatic carbocycles. The highest BCUT2D eigenvalue weighted by Gasteiger charge is 2.55. The molecule has 6 heteroatoms. The maximum atomic E-state index is 11.6. The van der Waals surface area contributed by atoms with Gasteiger partial charge in [-0.1, -0.05) is 18.9 Å². The van der Waals surface area contributed by atoms with Crippen molar-refractivity contribution in [2.24, 2.45) is 0 Å². The molecule has 0 bridgehead atoms. The van der Waals surface area contributed by atoms with Crippen LogP contribution in [0, 0.1) is 0 Å². The van der Waals surface area contributed by atoms with Crippen molar-refractivity contribution in [3.63, 3.8) is 0 Å². The molecule has 0 spiro atoms. The van der Waals surface area contributed by atoms with Gasteiger partial charge in [0, 0.05) is 13.0 Å². The summed E-state index contributed by atoms with van der Waals surface area (Å²) in [5, 5.41) is 12.0. The maximum absolute atomic E-state index is 11.6. The Morgan fingerprint density at radius 2 is 1.90 bits per heavy atom. The average molecular weight is 286 g/mol. The van der Waals surface area contributed by atoms with E-state index in [0.29, 0.717) is 0 Å². The molecule has 0 aromatic heterocycles. The van der Waals surface area contributed by atoms with Crippen molar-refractivity contribution >= 4 is 5.97 Å². The number of carbonyl (C=O) groups is 1. The standard InChI is InChI=1S/C14H30N4O2/c1-7-13(16-5)10-9-12(15-4)14(8-2,17-6)18(13)20-11(3)19/h12,15-17H,7-10H2,1-6H3. The van der Waals surface area contributed by atoms with Crippen LogP contribution in [0.1, 0.15) is 46.5 Å². The van der Waals surface area contributed by atoms with E-state index in [4.69, 9.17) is 4.84 Å². The van der Waals surface area contributed by atoms with Gasteiger partial charge >= 0.3 is 5.97 Å². The molecule has 1 aliphatic heterocycles. The molecule has 3 atom stereocenters. The number of hydroxylamine groups is 2. The molecule has 118 valence electrons. The second-order valence-electron chi connectivity index (χ2n) is 5.42. The van der Waals surface area contributed by atoms with E-state index in [0.717, 1.165) is 25.7 Å². The van der Waals surface area contributed by atoms with Gasteiger partial charge in [-0.3, -0.25) is 15.4 Å². The van der Waals surface area contributed by atoms with Crippen LogP contribution in [-0.2, 0) is 9.63 Å². The lowest BCUT2D eigenvalue weighted by molar-refractivity contribution is -0.299. The molecule has 0 aliphatic carbocycles. The normalized spacial score (nSPS) is 35.0. The van der Waals surface area contributed by atoms with Gasteiger partial charge in [0.1, 0.15) is 11.3 Å². The minimum atomic E-state index is -0.419. The van der Waals surface area contributed by atoms with Crippen molar-refractivity contribution < 1.29 is 9.63 Å². The van der Waals surface area contributed by atoms with Crippen LogP contribution < -0.4 is 16.0 Å². The van der Waals surface area contributed by atoms with Crippen LogP contribution >= 0.6 is 0 Å². The number of nitrogens with zero attached hydrogens (tertiary/aromatic N) is 1. The zero-order chi connectivity index (χ0) is 15.4.